The van der Waals surface area contributed by atoms with Gasteiger partial charge in [0, 0.05) is 17.9 Å². The molecule has 1 saturated heterocycles. The molecular weight excluding hydrogens is 352 g/mol. The Kier molecular flexibility index (Phi) is 5.62. The first kappa shape index (κ1) is 19.6. The van der Waals surface area contributed by atoms with Crippen LogP contribution in [0.15, 0.2) is 91.0 Å². The van der Waals surface area contributed by atoms with Crippen LogP contribution in [0.5, 0.6) is 0 Å². The van der Waals surface area contributed by atoms with Gasteiger partial charge in [0.15, 0.2) is 0 Å². The lowest BCUT2D eigenvalue weighted by Gasteiger charge is -2.42. The second-order valence-corrected chi connectivity index (χ2v) is 8.51. The quantitative estimate of drug-likeness (QED) is 0.529. The van der Waals surface area contributed by atoms with Crippen LogP contribution in [0.25, 0.3) is 0 Å². The molecule has 0 saturated carbocycles. The summed E-state index contributed by atoms with van der Waals surface area (Å²) in [7, 11) is 0.0606. The molecule has 1 N–H and O–H groups in total. The summed E-state index contributed by atoms with van der Waals surface area (Å²) in [6.45, 7) is 6.75. The van der Waals surface area contributed by atoms with Gasteiger partial charge in [-0.3, -0.25) is 0 Å². The summed E-state index contributed by atoms with van der Waals surface area (Å²) >= 11 is 0. The van der Waals surface area contributed by atoms with E-state index in [2.05, 4.69) is 105 Å². The van der Waals surface area contributed by atoms with E-state index in [-0.39, 0.29) is 19.2 Å². The molecule has 29 heavy (non-hydrogen) atoms. The Hall–Kier alpha value is -2.73. The molecule has 1 fully saturated rings. The van der Waals surface area contributed by atoms with Gasteiger partial charge in [0.25, 0.3) is 6.28 Å². The highest BCUT2D eigenvalue weighted by Gasteiger charge is 2.50. The molecule has 0 spiro atoms. The molecular formula is C25H27B2NO. The van der Waals surface area contributed by atoms with Gasteiger partial charge in [-0.1, -0.05) is 78.9 Å². The number of nitrogens with one attached hydrogen (secondary N) is 1. The zero-order chi connectivity index (χ0) is 20.3. The van der Waals surface area contributed by atoms with Gasteiger partial charge in [0.05, 0.1) is 6.04 Å². The molecule has 3 aromatic rings. The normalized spacial score (nSPS) is 21.5. The van der Waals surface area contributed by atoms with Crippen molar-refractivity contribution >= 4 is 13.3 Å². The van der Waals surface area contributed by atoms with E-state index in [1.165, 1.54) is 15.8 Å². The van der Waals surface area contributed by atoms with E-state index in [1.807, 2.05) is 18.2 Å². The molecule has 0 amide bonds. The van der Waals surface area contributed by atoms with Crippen molar-refractivity contribution in [3.05, 3.63) is 108 Å². The fraction of sp³-hybridized carbons (Fsp3) is 0.200. The van der Waals surface area contributed by atoms with Crippen LogP contribution in [0.2, 0.25) is 20.5 Å². The standard InChI is InChI=1S/C25H27B2NO/c1-26-28(27(2,3)20-19-21-13-7-4-8-14-21)24(22-15-9-5-10-16-22)25(29-26)23-17-11-6-12-18-23/h4-18,24-25,28H,1-3H3/t24-,25+/m0/s1. The number of quaternary nitrogens is 1. The number of rotatable bonds is 3. The van der Waals surface area contributed by atoms with Crippen LogP contribution in [-0.2, 0) is 4.65 Å². The second-order valence-electron chi connectivity index (χ2n) is 8.51. The molecule has 2 nitrogen and oxygen atoms in total. The van der Waals surface area contributed by atoms with Crippen molar-refractivity contribution in [2.75, 3.05) is 0 Å². The van der Waals surface area contributed by atoms with Crippen LogP contribution < -0.4 is 4.72 Å². The lowest BCUT2D eigenvalue weighted by atomic mass is 9.34. The van der Waals surface area contributed by atoms with E-state index in [4.69, 9.17) is 4.65 Å². The van der Waals surface area contributed by atoms with E-state index in [9.17, 15) is 0 Å². The molecule has 1 aliphatic heterocycles. The van der Waals surface area contributed by atoms with Gasteiger partial charge in [-0.2, -0.15) is 0 Å². The van der Waals surface area contributed by atoms with Crippen molar-refractivity contribution in [2.45, 2.75) is 32.6 Å². The molecule has 4 heteroatoms. The van der Waals surface area contributed by atoms with Crippen LogP contribution in [0.1, 0.15) is 28.8 Å². The number of hydrogen-bond acceptors (Lipinski definition) is 1. The Morgan fingerprint density at radius 3 is 1.90 bits per heavy atom. The molecule has 4 rings (SSSR count). The summed E-state index contributed by atoms with van der Waals surface area (Å²) < 4.78 is 7.99. The Labute approximate surface area is 175 Å². The molecule has 1 unspecified atom stereocenters. The molecule has 0 aliphatic carbocycles. The number of hydrogen-bond donors (Lipinski definition) is 1. The molecule has 0 bridgehead atoms. The monoisotopic (exact) mass is 379 g/mol. The molecule has 144 valence electrons. The maximum atomic E-state index is 6.58. The third-order valence-corrected chi connectivity index (χ3v) is 5.95. The summed E-state index contributed by atoms with van der Waals surface area (Å²) in [6, 6.07) is 31.8. The SMILES string of the molecule is CB1O[C@H](c2ccccc2)[C@H](c2ccccc2)[NH+]1[B-](C)(C)C#Cc1ccccc1. The fourth-order valence-corrected chi connectivity index (χ4v) is 4.65. The van der Waals surface area contributed by atoms with Crippen molar-refractivity contribution in [2.24, 2.45) is 0 Å². The third-order valence-electron chi connectivity index (χ3n) is 5.95. The van der Waals surface area contributed by atoms with Gasteiger partial charge in [-0.05, 0) is 17.7 Å². The van der Waals surface area contributed by atoms with E-state index in [1.54, 1.807) is 0 Å². The van der Waals surface area contributed by atoms with Gasteiger partial charge in [-0.25, -0.2) is 5.82 Å². The molecule has 1 aliphatic rings. The fourth-order valence-electron chi connectivity index (χ4n) is 4.65. The molecule has 0 aromatic heterocycles. The van der Waals surface area contributed by atoms with Crippen LogP contribution in [0.4, 0.5) is 0 Å². The Morgan fingerprint density at radius 2 is 1.31 bits per heavy atom. The van der Waals surface area contributed by atoms with Gasteiger partial charge in [-0.15, -0.1) is 19.6 Å². The first-order chi connectivity index (χ1) is 14.1. The summed E-state index contributed by atoms with van der Waals surface area (Å²) in [4.78, 5) is 0. The van der Waals surface area contributed by atoms with Crippen molar-refractivity contribution in [3.63, 3.8) is 0 Å². The Bertz CT molecular complexity index is 997. The molecule has 1 heterocycles. The van der Waals surface area contributed by atoms with E-state index >= 15 is 0 Å². The largest absolute Gasteiger partial charge is 0.556 e. The first-order valence-electron chi connectivity index (χ1n) is 10.5. The maximum absolute atomic E-state index is 6.58. The van der Waals surface area contributed by atoms with Crippen LogP contribution in [-0.4, -0.2) is 13.3 Å². The molecule has 3 atom stereocenters. The Morgan fingerprint density at radius 1 is 0.793 bits per heavy atom. The Balaban J connectivity index is 1.75. The van der Waals surface area contributed by atoms with Crippen molar-refractivity contribution in [3.8, 4) is 11.7 Å². The topological polar surface area (TPSA) is 13.7 Å². The summed E-state index contributed by atoms with van der Waals surface area (Å²) in [5.41, 5.74) is 3.59. The predicted octanol–water partition coefficient (Wildman–Crippen LogP) is 4.30. The van der Waals surface area contributed by atoms with Crippen LogP contribution in [0, 0.1) is 11.7 Å². The third kappa shape index (κ3) is 4.17. The highest BCUT2D eigenvalue weighted by Crippen LogP contribution is 2.34. The smallest absolute Gasteiger partial charge is 0.525 e. The first-order valence-corrected chi connectivity index (χ1v) is 10.5. The van der Waals surface area contributed by atoms with Gasteiger partial charge in [0.1, 0.15) is 6.10 Å². The summed E-state index contributed by atoms with van der Waals surface area (Å²) in [5.74, 6) is 7.03. The van der Waals surface area contributed by atoms with Crippen LogP contribution >= 0.6 is 0 Å². The summed E-state index contributed by atoms with van der Waals surface area (Å²) in [5, 5.41) is 0. The maximum Gasteiger partial charge on any atom is 0.525 e. The van der Waals surface area contributed by atoms with E-state index < -0.39 is 6.28 Å². The molecule has 3 aromatic carbocycles. The van der Waals surface area contributed by atoms with Crippen LogP contribution in [0.3, 0.4) is 0 Å². The molecule has 0 radical (unpaired) electrons. The number of benzene rings is 3. The predicted molar refractivity (Wildman–Crippen MR) is 123 cm³/mol. The van der Waals surface area contributed by atoms with Crippen molar-refractivity contribution < 1.29 is 9.38 Å². The zero-order valence-corrected chi connectivity index (χ0v) is 17.4. The minimum Gasteiger partial charge on any atom is -0.556 e. The highest BCUT2D eigenvalue weighted by atomic mass is 16.5. The zero-order valence-electron chi connectivity index (χ0n) is 17.4. The van der Waals surface area contributed by atoms with Gasteiger partial charge in [0.2, 0.25) is 0 Å². The van der Waals surface area contributed by atoms with Gasteiger partial charge >= 0.3 is 7.05 Å². The van der Waals surface area contributed by atoms with E-state index in [0.29, 0.717) is 0 Å². The lowest BCUT2D eigenvalue weighted by molar-refractivity contribution is -0.709. The second kappa shape index (κ2) is 8.33. The lowest BCUT2D eigenvalue weighted by Crippen LogP contribution is -3.24. The average Bonchev–Trinajstić information content (AvgIpc) is 3.12. The van der Waals surface area contributed by atoms with Gasteiger partial charge < -0.3 is 9.38 Å². The minimum atomic E-state index is -1.06. The van der Waals surface area contributed by atoms with E-state index in [0.717, 1.165) is 5.56 Å². The van der Waals surface area contributed by atoms with Crippen molar-refractivity contribution in [1.29, 1.82) is 0 Å². The average molecular weight is 379 g/mol. The van der Waals surface area contributed by atoms with Crippen molar-refractivity contribution in [1.82, 2.24) is 0 Å². The summed E-state index contributed by atoms with van der Waals surface area (Å²) in [6.07, 6.45) is -1.04. The minimum absolute atomic E-state index is 0.0169. The highest BCUT2D eigenvalue weighted by molar-refractivity contribution is 6.81.